The standard InChI is InChI=1S/C10H26N2Si/c1-6-9(4)11-13(8-3)12-10(5)7-2/h9-13H,6-8H2,1-5H3. The maximum atomic E-state index is 3.71. The number of hydrogen-bond donors (Lipinski definition) is 2. The summed E-state index contributed by atoms with van der Waals surface area (Å²) < 4.78 is 0. The van der Waals surface area contributed by atoms with Crippen LogP contribution in [0.2, 0.25) is 6.04 Å². The lowest BCUT2D eigenvalue weighted by Gasteiger charge is -2.24. The summed E-state index contributed by atoms with van der Waals surface area (Å²) in [5.74, 6) is 0. The topological polar surface area (TPSA) is 24.1 Å². The van der Waals surface area contributed by atoms with Crippen LogP contribution in [0.1, 0.15) is 47.5 Å². The maximum Gasteiger partial charge on any atom is 0.184 e. The van der Waals surface area contributed by atoms with Crippen LogP contribution in [-0.4, -0.2) is 21.2 Å². The van der Waals surface area contributed by atoms with E-state index < -0.39 is 9.12 Å². The van der Waals surface area contributed by atoms with Crippen molar-refractivity contribution in [1.82, 2.24) is 9.96 Å². The number of nitrogens with one attached hydrogen (secondary N) is 2. The Morgan fingerprint density at radius 1 is 0.923 bits per heavy atom. The van der Waals surface area contributed by atoms with Gasteiger partial charge >= 0.3 is 0 Å². The molecule has 0 aromatic rings. The van der Waals surface area contributed by atoms with Crippen LogP contribution in [0, 0.1) is 0 Å². The molecule has 0 aliphatic heterocycles. The molecule has 2 atom stereocenters. The van der Waals surface area contributed by atoms with Crippen LogP contribution >= 0.6 is 0 Å². The van der Waals surface area contributed by atoms with Gasteiger partial charge in [-0.3, -0.25) is 0 Å². The van der Waals surface area contributed by atoms with Crippen molar-refractivity contribution in [2.24, 2.45) is 0 Å². The smallest absolute Gasteiger partial charge is 0.184 e. The third kappa shape index (κ3) is 6.24. The first-order chi connectivity index (χ1) is 6.13. The minimum absolute atomic E-state index is 0.674. The zero-order valence-corrected chi connectivity index (χ0v) is 11.0. The molecular formula is C10H26N2Si. The highest BCUT2D eigenvalue weighted by Crippen LogP contribution is 1.95. The number of hydrogen-bond acceptors (Lipinski definition) is 2. The van der Waals surface area contributed by atoms with Crippen LogP contribution in [0.4, 0.5) is 0 Å². The molecule has 0 radical (unpaired) electrons. The van der Waals surface area contributed by atoms with Gasteiger partial charge in [0.15, 0.2) is 9.12 Å². The molecule has 0 heterocycles. The van der Waals surface area contributed by atoms with Gasteiger partial charge in [-0.2, -0.15) is 0 Å². The molecule has 0 aliphatic carbocycles. The van der Waals surface area contributed by atoms with E-state index in [2.05, 4.69) is 44.6 Å². The highest BCUT2D eigenvalue weighted by Gasteiger charge is 2.12. The van der Waals surface area contributed by atoms with Gasteiger partial charge in [0.25, 0.3) is 0 Å². The minimum atomic E-state index is -0.864. The predicted octanol–water partition coefficient (Wildman–Crippen LogP) is 2.00. The fraction of sp³-hybridized carbons (Fsp3) is 1.00. The quantitative estimate of drug-likeness (QED) is 0.617. The first-order valence-corrected chi connectivity index (χ1v) is 7.63. The van der Waals surface area contributed by atoms with Crippen molar-refractivity contribution in [2.45, 2.75) is 65.6 Å². The molecule has 2 unspecified atom stereocenters. The van der Waals surface area contributed by atoms with Gasteiger partial charge in [-0.15, -0.1) is 0 Å². The van der Waals surface area contributed by atoms with Gasteiger partial charge in [-0.1, -0.05) is 34.6 Å². The lowest BCUT2D eigenvalue weighted by atomic mass is 10.3. The zero-order valence-electron chi connectivity index (χ0n) is 9.85. The van der Waals surface area contributed by atoms with E-state index in [9.17, 15) is 0 Å². The second-order valence-corrected chi connectivity index (χ2v) is 6.50. The van der Waals surface area contributed by atoms with E-state index in [1.807, 2.05) is 0 Å². The second-order valence-electron chi connectivity index (χ2n) is 3.91. The summed E-state index contributed by atoms with van der Waals surface area (Å²) >= 11 is 0. The van der Waals surface area contributed by atoms with Crippen LogP contribution in [0.5, 0.6) is 0 Å². The summed E-state index contributed by atoms with van der Waals surface area (Å²) in [7, 11) is -0.864. The molecule has 2 N–H and O–H groups in total. The third-order valence-corrected chi connectivity index (χ3v) is 5.36. The van der Waals surface area contributed by atoms with Crippen molar-refractivity contribution in [1.29, 1.82) is 0 Å². The average Bonchev–Trinajstić information content (AvgIpc) is 2.16. The largest absolute Gasteiger partial charge is 0.325 e. The molecule has 0 aromatic heterocycles. The van der Waals surface area contributed by atoms with Gasteiger partial charge < -0.3 is 9.96 Å². The van der Waals surface area contributed by atoms with Crippen LogP contribution in [0.25, 0.3) is 0 Å². The van der Waals surface area contributed by atoms with Crippen molar-refractivity contribution >= 4 is 9.12 Å². The SMILES string of the molecule is CCC(C)N[SiH](CC)NC(C)CC. The Morgan fingerprint density at radius 2 is 1.31 bits per heavy atom. The molecule has 0 saturated heterocycles. The zero-order chi connectivity index (χ0) is 10.3. The third-order valence-electron chi connectivity index (χ3n) is 2.60. The Hall–Kier alpha value is 0.137. The summed E-state index contributed by atoms with van der Waals surface area (Å²) in [5.41, 5.74) is 0. The Labute approximate surface area is 85.3 Å². The van der Waals surface area contributed by atoms with E-state index in [-0.39, 0.29) is 0 Å². The lowest BCUT2D eigenvalue weighted by Crippen LogP contribution is -2.53. The Kier molecular flexibility index (Phi) is 7.61. The molecule has 3 heteroatoms. The molecular weight excluding hydrogens is 176 g/mol. The van der Waals surface area contributed by atoms with E-state index in [1.165, 1.54) is 18.9 Å². The molecule has 0 aliphatic rings. The van der Waals surface area contributed by atoms with Crippen molar-refractivity contribution in [3.63, 3.8) is 0 Å². The molecule has 80 valence electrons. The van der Waals surface area contributed by atoms with Crippen molar-refractivity contribution in [3.8, 4) is 0 Å². The summed E-state index contributed by atoms with van der Waals surface area (Å²) in [4.78, 5) is 7.42. The highest BCUT2D eigenvalue weighted by atomic mass is 28.3. The van der Waals surface area contributed by atoms with Gasteiger partial charge in [0.05, 0.1) is 0 Å². The van der Waals surface area contributed by atoms with Crippen LogP contribution in [0.15, 0.2) is 0 Å². The summed E-state index contributed by atoms with van der Waals surface area (Å²) in [5, 5.41) is 0. The Morgan fingerprint density at radius 3 is 1.54 bits per heavy atom. The van der Waals surface area contributed by atoms with Gasteiger partial charge in [0, 0.05) is 0 Å². The maximum absolute atomic E-state index is 3.71. The fourth-order valence-electron chi connectivity index (χ4n) is 1.21. The molecule has 0 aromatic carbocycles. The van der Waals surface area contributed by atoms with E-state index in [0.717, 1.165) is 0 Å². The van der Waals surface area contributed by atoms with Crippen molar-refractivity contribution in [3.05, 3.63) is 0 Å². The summed E-state index contributed by atoms with van der Waals surface area (Å²) in [6.07, 6.45) is 2.46. The Bertz CT molecular complexity index is 107. The van der Waals surface area contributed by atoms with Crippen LogP contribution in [-0.2, 0) is 0 Å². The summed E-state index contributed by atoms with van der Waals surface area (Å²) in [6.45, 7) is 11.3. The first kappa shape index (κ1) is 13.1. The summed E-state index contributed by atoms with van der Waals surface area (Å²) in [6, 6.07) is 2.63. The van der Waals surface area contributed by atoms with E-state index in [4.69, 9.17) is 0 Å². The van der Waals surface area contributed by atoms with E-state index in [0.29, 0.717) is 12.1 Å². The lowest BCUT2D eigenvalue weighted by molar-refractivity contribution is 0.599. The molecule has 0 spiro atoms. The van der Waals surface area contributed by atoms with Crippen molar-refractivity contribution in [2.75, 3.05) is 0 Å². The van der Waals surface area contributed by atoms with Crippen LogP contribution < -0.4 is 9.96 Å². The normalized spacial score (nSPS) is 18.2. The van der Waals surface area contributed by atoms with Crippen LogP contribution in [0.3, 0.4) is 0 Å². The van der Waals surface area contributed by atoms with Gasteiger partial charge in [0.1, 0.15) is 0 Å². The monoisotopic (exact) mass is 202 g/mol. The molecule has 13 heavy (non-hydrogen) atoms. The first-order valence-electron chi connectivity index (χ1n) is 5.66. The number of rotatable bonds is 7. The molecule has 0 saturated carbocycles. The highest BCUT2D eigenvalue weighted by molar-refractivity contribution is 6.53. The molecule has 0 bridgehead atoms. The molecule has 0 rings (SSSR count). The van der Waals surface area contributed by atoms with Crippen molar-refractivity contribution < 1.29 is 0 Å². The van der Waals surface area contributed by atoms with E-state index >= 15 is 0 Å². The molecule has 2 nitrogen and oxygen atoms in total. The van der Waals surface area contributed by atoms with Gasteiger partial charge in [-0.05, 0) is 31.0 Å². The van der Waals surface area contributed by atoms with Gasteiger partial charge in [-0.25, -0.2) is 0 Å². The predicted molar refractivity (Wildman–Crippen MR) is 63.4 cm³/mol. The second kappa shape index (κ2) is 7.53. The molecule has 0 fully saturated rings. The van der Waals surface area contributed by atoms with E-state index in [1.54, 1.807) is 0 Å². The Balaban J connectivity index is 3.74. The average molecular weight is 202 g/mol. The fourth-order valence-corrected chi connectivity index (χ4v) is 3.62. The van der Waals surface area contributed by atoms with Gasteiger partial charge in [0.2, 0.25) is 0 Å². The molecule has 0 amide bonds. The minimum Gasteiger partial charge on any atom is -0.325 e.